The summed E-state index contributed by atoms with van der Waals surface area (Å²) >= 11 is 13.9. The van der Waals surface area contributed by atoms with Crippen molar-refractivity contribution in [2.24, 2.45) is 11.8 Å². The van der Waals surface area contributed by atoms with Gasteiger partial charge < -0.3 is 40.0 Å². The van der Waals surface area contributed by atoms with Gasteiger partial charge in [-0.05, 0) is 96.2 Å². The van der Waals surface area contributed by atoms with Crippen LogP contribution in [0, 0.1) is 36.5 Å². The third-order valence-electron chi connectivity index (χ3n) is 13.5. The molecule has 374 valence electrons. The van der Waals surface area contributed by atoms with Crippen molar-refractivity contribution in [1.29, 1.82) is 10.8 Å². The summed E-state index contributed by atoms with van der Waals surface area (Å²) in [7, 11) is 0. The van der Waals surface area contributed by atoms with E-state index in [9.17, 15) is 19.8 Å². The number of carbonyl (C=O) groups is 2. The highest BCUT2D eigenvalue weighted by molar-refractivity contribution is 6.32. The molecule has 0 aliphatic carbocycles. The smallest absolute Gasteiger partial charge is 0.320 e. The molecule has 16 heteroatoms. The number of hydrogen-bond acceptors (Lipinski definition) is 12. The number of aliphatic carboxylic acids is 2. The SMILES string of the molecule is Cc1c(COc2cc(OCc3cncc(C=N)c3)c(CN3C[C@@H](C)C[C@H]3C(=O)O)cc2Cl)cccc1-c1cccc(COc2cc(OCc3cncc(C=N)c3)c(CN3C[C@@H](C)C[C@H]3C(=O)O)cc2Cl)c1C. The van der Waals surface area contributed by atoms with Crippen molar-refractivity contribution in [3.8, 4) is 34.1 Å². The zero-order valence-corrected chi connectivity index (χ0v) is 42.2. The quantitative estimate of drug-likeness (QED) is 0.0500. The van der Waals surface area contributed by atoms with Crippen molar-refractivity contribution in [2.45, 2.75) is 92.1 Å². The fourth-order valence-electron chi connectivity index (χ4n) is 9.68. The minimum absolute atomic E-state index is 0.163. The lowest BCUT2D eigenvalue weighted by Crippen LogP contribution is -2.35. The zero-order valence-electron chi connectivity index (χ0n) is 40.7. The highest BCUT2D eigenvalue weighted by atomic mass is 35.5. The van der Waals surface area contributed by atoms with Crippen molar-refractivity contribution in [3.05, 3.63) is 163 Å². The van der Waals surface area contributed by atoms with Gasteiger partial charge in [0.05, 0.1) is 10.0 Å². The number of hydrogen-bond donors (Lipinski definition) is 4. The molecule has 0 radical (unpaired) electrons. The first-order valence-electron chi connectivity index (χ1n) is 23.8. The van der Waals surface area contributed by atoms with E-state index in [-0.39, 0.29) is 38.3 Å². The van der Waals surface area contributed by atoms with E-state index in [1.165, 1.54) is 12.4 Å². The highest BCUT2D eigenvalue weighted by Crippen LogP contribution is 2.39. The standard InChI is InChI=1S/C56H58Cl2N6O8/c1-33-11-49(55(65)66)63(25-33)27-43-15-47(57)53(17-51(43)69-29-39-13-37(19-59)21-61-23-39)71-31-41-7-5-9-45(35(41)3)46-10-6-8-42(36(46)4)32-72-54-18-52(70-30-40-14-38(20-60)22-62-24-40)44(16-48(54)58)28-64-26-34(2)12-50(64)56(67)68/h5-10,13-24,33-34,49-50,59-60H,11-12,25-32H2,1-4H3,(H,65,66)(H,67,68)/t33-,34-,49-,50-/m0/s1. The van der Waals surface area contributed by atoms with Crippen LogP contribution in [0.15, 0.2) is 97.6 Å². The van der Waals surface area contributed by atoms with E-state index in [0.717, 1.165) is 55.6 Å². The van der Waals surface area contributed by atoms with Crippen LogP contribution in [0.5, 0.6) is 23.0 Å². The van der Waals surface area contributed by atoms with E-state index in [0.29, 0.717) is 83.2 Å². The van der Waals surface area contributed by atoms with Crippen molar-refractivity contribution in [1.82, 2.24) is 19.8 Å². The normalized spacial score (nSPS) is 17.9. The van der Waals surface area contributed by atoms with E-state index in [4.69, 9.17) is 53.0 Å². The predicted octanol–water partition coefficient (Wildman–Crippen LogP) is 11.0. The summed E-state index contributed by atoms with van der Waals surface area (Å²) in [6.07, 6.45) is 10.1. The number of nitrogens with zero attached hydrogens (tertiary/aromatic N) is 4. The predicted molar refractivity (Wildman–Crippen MR) is 277 cm³/mol. The van der Waals surface area contributed by atoms with E-state index in [2.05, 4.69) is 49.8 Å². The molecule has 2 aromatic heterocycles. The number of ether oxygens (including phenoxy) is 4. The Bertz CT molecular complexity index is 2790. The van der Waals surface area contributed by atoms with Gasteiger partial charge in [0, 0.05) is 109 Å². The third kappa shape index (κ3) is 12.2. The van der Waals surface area contributed by atoms with Gasteiger partial charge in [-0.3, -0.25) is 29.4 Å². The fourth-order valence-corrected chi connectivity index (χ4v) is 10.2. The lowest BCUT2D eigenvalue weighted by Gasteiger charge is -2.24. The molecule has 0 bridgehead atoms. The molecule has 4 atom stereocenters. The second-order valence-electron chi connectivity index (χ2n) is 18.9. The van der Waals surface area contributed by atoms with E-state index in [1.54, 1.807) is 49.1 Å². The second-order valence-corrected chi connectivity index (χ2v) is 19.7. The van der Waals surface area contributed by atoms with Gasteiger partial charge in [-0.15, -0.1) is 0 Å². The summed E-state index contributed by atoms with van der Waals surface area (Å²) in [6.45, 7) is 10.9. The van der Waals surface area contributed by atoms with Crippen LogP contribution in [0.25, 0.3) is 11.1 Å². The van der Waals surface area contributed by atoms with Crippen molar-refractivity contribution < 1.29 is 38.7 Å². The first-order chi connectivity index (χ1) is 34.7. The van der Waals surface area contributed by atoms with Gasteiger partial charge in [0.25, 0.3) is 0 Å². The van der Waals surface area contributed by atoms with Crippen LogP contribution in [-0.4, -0.2) is 79.5 Å². The maximum Gasteiger partial charge on any atom is 0.320 e. The number of likely N-dealkylation sites (tertiary alicyclic amines) is 2. The summed E-state index contributed by atoms with van der Waals surface area (Å²) in [6, 6.07) is 21.7. The molecule has 0 saturated carbocycles. The van der Waals surface area contributed by atoms with Crippen LogP contribution in [0.4, 0.5) is 0 Å². The Morgan fingerprint density at radius 3 is 1.39 bits per heavy atom. The monoisotopic (exact) mass is 1010 g/mol. The molecule has 2 aliphatic rings. The molecular weight excluding hydrogens is 956 g/mol. The Hall–Kier alpha value is -6.84. The van der Waals surface area contributed by atoms with Crippen molar-refractivity contribution >= 4 is 47.6 Å². The molecule has 2 fully saturated rings. The van der Waals surface area contributed by atoms with Gasteiger partial charge in [-0.1, -0.05) is 73.4 Å². The number of pyridine rings is 2. The Balaban J connectivity index is 1.01. The largest absolute Gasteiger partial charge is 0.488 e. The fraction of sp³-hybridized carbons (Fsp3) is 0.321. The molecule has 0 amide bonds. The van der Waals surface area contributed by atoms with Crippen molar-refractivity contribution in [3.63, 3.8) is 0 Å². The first-order valence-corrected chi connectivity index (χ1v) is 24.6. The van der Waals surface area contributed by atoms with Crippen LogP contribution in [-0.2, 0) is 49.1 Å². The van der Waals surface area contributed by atoms with E-state index >= 15 is 0 Å². The third-order valence-corrected chi connectivity index (χ3v) is 14.1. The topological polar surface area (TPSA) is 191 Å². The Morgan fingerprint density at radius 2 is 1.00 bits per heavy atom. The van der Waals surface area contributed by atoms with Gasteiger partial charge in [0.15, 0.2) is 0 Å². The Labute approximate surface area is 429 Å². The molecule has 2 aliphatic heterocycles. The minimum atomic E-state index is -0.858. The number of carboxylic acid groups (broad SMARTS) is 2. The maximum atomic E-state index is 12.2. The number of halogens is 2. The molecule has 4 N–H and O–H groups in total. The van der Waals surface area contributed by atoms with Gasteiger partial charge in [-0.25, -0.2) is 0 Å². The van der Waals surface area contributed by atoms with E-state index < -0.39 is 24.0 Å². The number of nitrogens with one attached hydrogen (secondary N) is 2. The van der Waals surface area contributed by atoms with Crippen LogP contribution in [0.2, 0.25) is 10.0 Å². The van der Waals surface area contributed by atoms with Crippen molar-refractivity contribution in [2.75, 3.05) is 13.1 Å². The van der Waals surface area contributed by atoms with Crippen LogP contribution < -0.4 is 18.9 Å². The second kappa shape index (κ2) is 23.1. The molecule has 8 rings (SSSR count). The lowest BCUT2D eigenvalue weighted by atomic mass is 9.92. The molecule has 4 heterocycles. The summed E-state index contributed by atoms with van der Waals surface area (Å²) in [5.41, 5.74) is 10.3. The molecule has 6 aromatic rings. The summed E-state index contributed by atoms with van der Waals surface area (Å²) < 4.78 is 25.7. The van der Waals surface area contributed by atoms with Gasteiger partial charge in [0.1, 0.15) is 61.5 Å². The molecule has 0 spiro atoms. The summed E-state index contributed by atoms with van der Waals surface area (Å²) in [5, 5.41) is 36.0. The maximum absolute atomic E-state index is 12.2. The van der Waals surface area contributed by atoms with E-state index in [1.807, 2.05) is 46.2 Å². The Kier molecular flexibility index (Phi) is 16.6. The van der Waals surface area contributed by atoms with Crippen LogP contribution >= 0.6 is 23.2 Å². The zero-order chi connectivity index (χ0) is 51.1. The molecule has 14 nitrogen and oxygen atoms in total. The molecule has 2 saturated heterocycles. The number of aromatic nitrogens is 2. The van der Waals surface area contributed by atoms with Gasteiger partial charge in [-0.2, -0.15) is 0 Å². The number of carboxylic acids is 2. The minimum Gasteiger partial charge on any atom is -0.488 e. The molecule has 72 heavy (non-hydrogen) atoms. The average Bonchev–Trinajstić information content (AvgIpc) is 3.94. The van der Waals surface area contributed by atoms with Gasteiger partial charge in [0.2, 0.25) is 0 Å². The highest BCUT2D eigenvalue weighted by Gasteiger charge is 2.36. The average molecular weight is 1010 g/mol. The first kappa shape index (κ1) is 51.5. The van der Waals surface area contributed by atoms with Crippen LogP contribution in [0.3, 0.4) is 0 Å². The van der Waals surface area contributed by atoms with Gasteiger partial charge >= 0.3 is 11.9 Å². The Morgan fingerprint density at radius 1 is 0.597 bits per heavy atom. The summed E-state index contributed by atoms with van der Waals surface area (Å²) in [4.78, 5) is 36.7. The number of rotatable bonds is 21. The number of benzene rings is 4. The summed E-state index contributed by atoms with van der Waals surface area (Å²) in [5.74, 6) is 0.568. The molecular formula is C56H58Cl2N6O8. The van der Waals surface area contributed by atoms with Crippen LogP contribution in [0.1, 0.15) is 82.3 Å². The molecule has 4 aromatic carbocycles. The lowest BCUT2D eigenvalue weighted by molar-refractivity contribution is -0.143. The molecule has 0 unspecified atom stereocenters.